The summed E-state index contributed by atoms with van der Waals surface area (Å²) < 4.78 is 12.2. The Hall–Kier alpha value is -2.22. The van der Waals surface area contributed by atoms with Gasteiger partial charge in [-0.1, -0.05) is 30.3 Å². The first-order chi connectivity index (χ1) is 10.8. The lowest BCUT2D eigenvalue weighted by atomic mass is 10.3. The largest absolute Gasteiger partial charge is 0.461 e. The Bertz CT molecular complexity index is 772. The summed E-state index contributed by atoms with van der Waals surface area (Å²) in [4.78, 5) is 11.7. The molecule has 1 N–H and O–H groups in total. The molecular formula is C14H16N4O3S. The van der Waals surface area contributed by atoms with Crippen molar-refractivity contribution >= 4 is 11.8 Å². The van der Waals surface area contributed by atoms with E-state index in [2.05, 4.69) is 22.3 Å². The molecule has 0 radical (unpaired) electrons. The van der Waals surface area contributed by atoms with Crippen LogP contribution >= 0.6 is 11.8 Å². The molecular weight excluding hydrogens is 304 g/mol. The van der Waals surface area contributed by atoms with Gasteiger partial charge in [0.1, 0.15) is 0 Å². The number of rotatable bonds is 7. The molecule has 0 aliphatic carbocycles. The van der Waals surface area contributed by atoms with E-state index in [1.54, 1.807) is 16.9 Å². The number of nitrogens with one attached hydrogen (secondary N) is 1. The summed E-state index contributed by atoms with van der Waals surface area (Å²) in [7, 11) is 0. The van der Waals surface area contributed by atoms with Gasteiger partial charge in [-0.3, -0.25) is 4.57 Å². The SMILES string of the molecule is CCCCn1c(SCc2cc(-c3ccco3)on2)n[nH]c1=O. The lowest BCUT2D eigenvalue weighted by Gasteiger charge is -2.02. The van der Waals surface area contributed by atoms with Gasteiger partial charge in [0.15, 0.2) is 10.9 Å². The summed E-state index contributed by atoms with van der Waals surface area (Å²) in [6.07, 6.45) is 3.56. The summed E-state index contributed by atoms with van der Waals surface area (Å²) in [6.45, 7) is 2.76. The number of hydrogen-bond donors (Lipinski definition) is 1. The maximum atomic E-state index is 11.7. The monoisotopic (exact) mass is 320 g/mol. The molecule has 3 rings (SSSR count). The van der Waals surface area contributed by atoms with E-state index in [-0.39, 0.29) is 5.69 Å². The second kappa shape index (κ2) is 6.69. The van der Waals surface area contributed by atoms with Gasteiger partial charge < -0.3 is 8.94 Å². The maximum absolute atomic E-state index is 11.7. The van der Waals surface area contributed by atoms with E-state index >= 15 is 0 Å². The van der Waals surface area contributed by atoms with Crippen molar-refractivity contribution in [2.45, 2.75) is 37.2 Å². The highest BCUT2D eigenvalue weighted by Gasteiger charge is 2.12. The van der Waals surface area contributed by atoms with Gasteiger partial charge in [0.2, 0.25) is 5.76 Å². The second-order valence-electron chi connectivity index (χ2n) is 4.77. The Kier molecular flexibility index (Phi) is 4.47. The zero-order chi connectivity index (χ0) is 15.4. The number of unbranched alkanes of at least 4 members (excludes halogenated alkanes) is 1. The molecule has 8 heteroatoms. The van der Waals surface area contributed by atoms with Gasteiger partial charge in [-0.25, -0.2) is 9.89 Å². The zero-order valence-corrected chi connectivity index (χ0v) is 12.9. The number of nitrogens with zero attached hydrogens (tertiary/aromatic N) is 3. The molecule has 3 heterocycles. The summed E-state index contributed by atoms with van der Waals surface area (Å²) in [6, 6.07) is 5.43. The van der Waals surface area contributed by atoms with Crippen molar-refractivity contribution < 1.29 is 8.94 Å². The van der Waals surface area contributed by atoms with Gasteiger partial charge >= 0.3 is 5.69 Å². The van der Waals surface area contributed by atoms with Crippen LogP contribution < -0.4 is 5.69 Å². The molecule has 0 amide bonds. The lowest BCUT2D eigenvalue weighted by Crippen LogP contribution is -2.17. The highest BCUT2D eigenvalue weighted by atomic mass is 32.2. The predicted octanol–water partition coefficient (Wildman–Crippen LogP) is 2.91. The Morgan fingerprint density at radius 1 is 1.41 bits per heavy atom. The Labute approximate surface area is 130 Å². The molecule has 0 fully saturated rings. The van der Waals surface area contributed by atoms with Gasteiger partial charge in [0, 0.05) is 18.4 Å². The second-order valence-corrected chi connectivity index (χ2v) is 5.71. The zero-order valence-electron chi connectivity index (χ0n) is 12.1. The number of aromatic nitrogens is 4. The smallest absolute Gasteiger partial charge is 0.343 e. The third kappa shape index (κ3) is 3.16. The van der Waals surface area contributed by atoms with Crippen LogP contribution in [-0.2, 0) is 12.3 Å². The first-order valence-electron chi connectivity index (χ1n) is 7.05. The van der Waals surface area contributed by atoms with Crippen molar-refractivity contribution in [1.29, 1.82) is 0 Å². The van der Waals surface area contributed by atoms with Crippen molar-refractivity contribution in [3.63, 3.8) is 0 Å². The Morgan fingerprint density at radius 3 is 3.09 bits per heavy atom. The third-order valence-corrected chi connectivity index (χ3v) is 4.14. The Balaban J connectivity index is 1.67. The van der Waals surface area contributed by atoms with E-state index in [1.807, 2.05) is 12.1 Å². The van der Waals surface area contributed by atoms with Gasteiger partial charge in [0.05, 0.1) is 12.0 Å². The van der Waals surface area contributed by atoms with Crippen LogP contribution in [0.15, 0.2) is 43.4 Å². The van der Waals surface area contributed by atoms with Crippen molar-refractivity contribution in [3.05, 3.63) is 40.6 Å². The van der Waals surface area contributed by atoms with Gasteiger partial charge in [0.25, 0.3) is 0 Å². The summed E-state index contributed by atoms with van der Waals surface area (Å²) in [5.41, 5.74) is 0.598. The van der Waals surface area contributed by atoms with Gasteiger partial charge in [-0.05, 0) is 18.6 Å². The van der Waals surface area contributed by atoms with E-state index in [4.69, 9.17) is 8.94 Å². The fraction of sp³-hybridized carbons (Fsp3) is 0.357. The number of thioether (sulfide) groups is 1. The molecule has 0 atom stereocenters. The number of furan rings is 1. The molecule has 0 aliphatic rings. The summed E-state index contributed by atoms with van der Waals surface area (Å²) in [5.74, 6) is 1.80. The minimum absolute atomic E-state index is 0.174. The fourth-order valence-corrected chi connectivity index (χ4v) is 2.83. The molecule has 3 aromatic heterocycles. The topological polar surface area (TPSA) is 89.8 Å². The average molecular weight is 320 g/mol. The van der Waals surface area contributed by atoms with Crippen LogP contribution in [0.5, 0.6) is 0 Å². The molecule has 22 heavy (non-hydrogen) atoms. The molecule has 0 saturated carbocycles. The van der Waals surface area contributed by atoms with E-state index < -0.39 is 0 Å². The van der Waals surface area contributed by atoms with Crippen LogP contribution in [-0.4, -0.2) is 19.9 Å². The minimum Gasteiger partial charge on any atom is -0.461 e. The van der Waals surface area contributed by atoms with Crippen LogP contribution in [0.4, 0.5) is 0 Å². The number of aromatic amines is 1. The predicted molar refractivity (Wildman–Crippen MR) is 81.5 cm³/mol. The molecule has 0 unspecified atom stereocenters. The normalized spacial score (nSPS) is 11.1. The lowest BCUT2D eigenvalue weighted by molar-refractivity contribution is 0.413. The summed E-state index contributed by atoms with van der Waals surface area (Å²) in [5, 5.41) is 11.2. The molecule has 0 aromatic carbocycles. The van der Waals surface area contributed by atoms with Crippen LogP contribution in [0.3, 0.4) is 0 Å². The molecule has 3 aromatic rings. The van der Waals surface area contributed by atoms with Crippen LogP contribution in [0.2, 0.25) is 0 Å². The standard InChI is InChI=1S/C14H16N4O3S/c1-2-3-6-18-13(19)15-16-14(18)22-9-10-8-12(21-17-10)11-5-4-7-20-11/h4-5,7-8H,2-3,6,9H2,1H3,(H,15,19). The first-order valence-corrected chi connectivity index (χ1v) is 8.04. The Morgan fingerprint density at radius 2 is 2.32 bits per heavy atom. The van der Waals surface area contributed by atoms with E-state index in [0.717, 1.165) is 18.5 Å². The quantitative estimate of drug-likeness (QED) is 0.673. The van der Waals surface area contributed by atoms with Crippen LogP contribution in [0.1, 0.15) is 25.5 Å². The maximum Gasteiger partial charge on any atom is 0.343 e. The van der Waals surface area contributed by atoms with E-state index in [9.17, 15) is 4.79 Å². The third-order valence-electron chi connectivity index (χ3n) is 3.13. The van der Waals surface area contributed by atoms with Crippen LogP contribution in [0.25, 0.3) is 11.5 Å². The van der Waals surface area contributed by atoms with Gasteiger partial charge in [-0.15, -0.1) is 5.10 Å². The molecule has 7 nitrogen and oxygen atoms in total. The molecule has 0 bridgehead atoms. The van der Waals surface area contributed by atoms with Crippen LogP contribution in [0, 0.1) is 0 Å². The van der Waals surface area contributed by atoms with Crippen molar-refractivity contribution in [2.24, 2.45) is 0 Å². The summed E-state index contributed by atoms with van der Waals surface area (Å²) >= 11 is 1.45. The number of hydrogen-bond acceptors (Lipinski definition) is 6. The first kappa shape index (κ1) is 14.7. The van der Waals surface area contributed by atoms with E-state index in [0.29, 0.717) is 29.0 Å². The van der Waals surface area contributed by atoms with Crippen molar-refractivity contribution in [1.82, 2.24) is 19.9 Å². The molecule has 116 valence electrons. The molecule has 0 spiro atoms. The highest BCUT2D eigenvalue weighted by Crippen LogP contribution is 2.24. The minimum atomic E-state index is -0.174. The molecule has 0 saturated heterocycles. The van der Waals surface area contributed by atoms with E-state index in [1.165, 1.54) is 11.8 Å². The average Bonchev–Trinajstić information content (AvgIpc) is 3.24. The van der Waals surface area contributed by atoms with Crippen molar-refractivity contribution in [2.75, 3.05) is 0 Å². The fourth-order valence-electron chi connectivity index (χ4n) is 1.98. The van der Waals surface area contributed by atoms with Gasteiger partial charge in [-0.2, -0.15) is 0 Å². The van der Waals surface area contributed by atoms with Crippen molar-refractivity contribution in [3.8, 4) is 11.5 Å². The number of H-pyrrole nitrogens is 1. The highest BCUT2D eigenvalue weighted by molar-refractivity contribution is 7.98. The molecule has 0 aliphatic heterocycles.